The van der Waals surface area contributed by atoms with Crippen LogP contribution in [0.5, 0.6) is 11.5 Å². The van der Waals surface area contributed by atoms with Crippen molar-refractivity contribution in [1.29, 1.82) is 0 Å². The maximum atomic E-state index is 13.6. The molecule has 21 heavy (non-hydrogen) atoms. The highest BCUT2D eigenvalue weighted by Crippen LogP contribution is 2.34. The van der Waals surface area contributed by atoms with Crippen LogP contribution in [0.25, 0.3) is 0 Å². The molecule has 1 fully saturated rings. The van der Waals surface area contributed by atoms with Crippen LogP contribution in [-0.2, 0) is 6.54 Å². The van der Waals surface area contributed by atoms with Crippen LogP contribution in [0.3, 0.4) is 0 Å². The van der Waals surface area contributed by atoms with E-state index in [1.54, 1.807) is 25.1 Å². The van der Waals surface area contributed by atoms with Crippen molar-refractivity contribution in [2.24, 2.45) is 0 Å². The van der Waals surface area contributed by atoms with Gasteiger partial charge in [-0.3, -0.25) is 0 Å². The van der Waals surface area contributed by atoms with Gasteiger partial charge in [0.15, 0.2) is 0 Å². The van der Waals surface area contributed by atoms with Gasteiger partial charge in [-0.1, -0.05) is 29.8 Å². The second-order valence-electron chi connectivity index (χ2n) is 5.40. The molecule has 0 aliphatic heterocycles. The second kappa shape index (κ2) is 6.04. The predicted octanol–water partition coefficient (Wildman–Crippen LogP) is 4.83. The molecular weight excluding hydrogens is 289 g/mol. The van der Waals surface area contributed by atoms with Crippen LogP contribution in [0, 0.1) is 12.7 Å². The predicted molar refractivity (Wildman–Crippen MR) is 82.5 cm³/mol. The van der Waals surface area contributed by atoms with Gasteiger partial charge in [-0.15, -0.1) is 0 Å². The van der Waals surface area contributed by atoms with Gasteiger partial charge >= 0.3 is 0 Å². The second-order valence-corrected chi connectivity index (χ2v) is 5.80. The molecule has 0 unspecified atom stereocenters. The number of benzene rings is 2. The van der Waals surface area contributed by atoms with Crippen molar-refractivity contribution in [3.63, 3.8) is 0 Å². The molecule has 3 rings (SSSR count). The summed E-state index contributed by atoms with van der Waals surface area (Å²) in [6.45, 7) is 2.43. The first kappa shape index (κ1) is 14.4. The molecule has 0 aromatic heterocycles. The molecule has 0 spiro atoms. The smallest absolute Gasteiger partial charge is 0.150 e. The van der Waals surface area contributed by atoms with Gasteiger partial charge in [0.1, 0.15) is 17.3 Å². The first-order valence-corrected chi connectivity index (χ1v) is 7.46. The van der Waals surface area contributed by atoms with Crippen LogP contribution in [0.2, 0.25) is 5.02 Å². The summed E-state index contributed by atoms with van der Waals surface area (Å²) in [5.41, 5.74) is 1.58. The van der Waals surface area contributed by atoms with Crippen molar-refractivity contribution >= 4 is 11.6 Å². The zero-order valence-electron chi connectivity index (χ0n) is 11.8. The van der Waals surface area contributed by atoms with E-state index in [1.807, 2.05) is 12.1 Å². The first-order chi connectivity index (χ1) is 10.1. The molecule has 0 bridgehead atoms. The lowest BCUT2D eigenvalue weighted by Crippen LogP contribution is -2.15. The normalized spacial score (nSPS) is 14.2. The Hall–Kier alpha value is -1.58. The summed E-state index contributed by atoms with van der Waals surface area (Å²) >= 11 is 6.23. The minimum Gasteiger partial charge on any atom is -0.455 e. The van der Waals surface area contributed by atoms with Gasteiger partial charge in [0.05, 0.1) is 5.02 Å². The third-order valence-corrected chi connectivity index (χ3v) is 3.87. The molecule has 2 aromatic rings. The monoisotopic (exact) mass is 305 g/mol. The average molecular weight is 306 g/mol. The molecule has 2 aromatic carbocycles. The maximum absolute atomic E-state index is 13.6. The van der Waals surface area contributed by atoms with Crippen LogP contribution in [0.4, 0.5) is 4.39 Å². The van der Waals surface area contributed by atoms with Crippen molar-refractivity contribution in [2.45, 2.75) is 32.4 Å². The minimum atomic E-state index is -0.280. The van der Waals surface area contributed by atoms with Gasteiger partial charge in [0, 0.05) is 24.2 Å². The Kier molecular flexibility index (Phi) is 4.13. The van der Waals surface area contributed by atoms with Gasteiger partial charge < -0.3 is 10.1 Å². The molecule has 1 N–H and O–H groups in total. The van der Waals surface area contributed by atoms with Crippen LogP contribution >= 0.6 is 11.6 Å². The number of hydrogen-bond acceptors (Lipinski definition) is 2. The topological polar surface area (TPSA) is 21.3 Å². The summed E-state index contributed by atoms with van der Waals surface area (Å²) < 4.78 is 19.4. The zero-order valence-corrected chi connectivity index (χ0v) is 12.6. The van der Waals surface area contributed by atoms with Crippen molar-refractivity contribution < 1.29 is 9.13 Å². The number of rotatable bonds is 5. The number of halogens is 2. The van der Waals surface area contributed by atoms with Gasteiger partial charge in [-0.25, -0.2) is 4.39 Å². The molecule has 4 heteroatoms. The van der Waals surface area contributed by atoms with E-state index in [0.717, 1.165) is 5.56 Å². The van der Waals surface area contributed by atoms with E-state index in [4.69, 9.17) is 16.3 Å². The molecule has 0 saturated heterocycles. The van der Waals surface area contributed by atoms with E-state index in [0.29, 0.717) is 34.7 Å². The molecule has 1 aliphatic rings. The lowest BCUT2D eigenvalue weighted by molar-refractivity contribution is 0.467. The van der Waals surface area contributed by atoms with Crippen LogP contribution in [0.1, 0.15) is 24.0 Å². The third-order valence-electron chi connectivity index (χ3n) is 3.57. The standard InChI is InChI=1S/C17H17ClFNO/c1-11-5-8-14(9-16(11)19)21-17-12(3-2-4-15(17)18)10-20-13-6-7-13/h2-5,8-9,13,20H,6-7,10H2,1H3. The van der Waals surface area contributed by atoms with Gasteiger partial charge in [-0.2, -0.15) is 0 Å². The molecule has 2 nitrogen and oxygen atoms in total. The molecule has 0 amide bonds. The van der Waals surface area contributed by atoms with E-state index >= 15 is 0 Å². The van der Waals surface area contributed by atoms with Gasteiger partial charge in [0.25, 0.3) is 0 Å². The Balaban J connectivity index is 1.83. The molecule has 0 radical (unpaired) electrons. The van der Waals surface area contributed by atoms with Crippen LogP contribution in [-0.4, -0.2) is 6.04 Å². The summed E-state index contributed by atoms with van der Waals surface area (Å²) in [6.07, 6.45) is 2.44. The fourth-order valence-corrected chi connectivity index (χ4v) is 2.34. The minimum absolute atomic E-state index is 0.280. The van der Waals surface area contributed by atoms with Gasteiger partial charge in [-0.05, 0) is 37.5 Å². The van der Waals surface area contributed by atoms with Crippen molar-refractivity contribution in [2.75, 3.05) is 0 Å². The average Bonchev–Trinajstić information content (AvgIpc) is 3.28. The van der Waals surface area contributed by atoms with Crippen LogP contribution < -0.4 is 10.1 Å². The van der Waals surface area contributed by atoms with Crippen molar-refractivity contribution in [3.05, 3.63) is 58.4 Å². The number of hydrogen-bond donors (Lipinski definition) is 1. The number of nitrogens with one attached hydrogen (secondary N) is 1. The van der Waals surface area contributed by atoms with E-state index in [2.05, 4.69) is 5.32 Å². The first-order valence-electron chi connectivity index (χ1n) is 7.08. The Morgan fingerprint density at radius 1 is 1.29 bits per heavy atom. The molecule has 0 heterocycles. The summed E-state index contributed by atoms with van der Waals surface area (Å²) in [5.74, 6) is 0.770. The van der Waals surface area contributed by atoms with E-state index in [1.165, 1.54) is 18.9 Å². The summed E-state index contributed by atoms with van der Waals surface area (Å²) in [4.78, 5) is 0. The summed E-state index contributed by atoms with van der Waals surface area (Å²) in [7, 11) is 0. The SMILES string of the molecule is Cc1ccc(Oc2c(Cl)cccc2CNC2CC2)cc1F. The fourth-order valence-electron chi connectivity index (χ4n) is 2.10. The summed E-state index contributed by atoms with van der Waals surface area (Å²) in [6, 6.07) is 11.1. The molecule has 0 atom stereocenters. The van der Waals surface area contributed by atoms with Crippen molar-refractivity contribution in [1.82, 2.24) is 5.32 Å². The Morgan fingerprint density at radius 3 is 2.81 bits per heavy atom. The lowest BCUT2D eigenvalue weighted by atomic mass is 10.2. The highest BCUT2D eigenvalue weighted by atomic mass is 35.5. The lowest BCUT2D eigenvalue weighted by Gasteiger charge is -2.14. The number of para-hydroxylation sites is 1. The largest absolute Gasteiger partial charge is 0.455 e. The molecular formula is C17H17ClFNO. The highest BCUT2D eigenvalue weighted by Gasteiger charge is 2.21. The van der Waals surface area contributed by atoms with E-state index in [9.17, 15) is 4.39 Å². The van der Waals surface area contributed by atoms with Crippen molar-refractivity contribution in [3.8, 4) is 11.5 Å². The third kappa shape index (κ3) is 3.55. The van der Waals surface area contributed by atoms with E-state index < -0.39 is 0 Å². The molecule has 110 valence electrons. The Bertz CT molecular complexity index is 655. The number of ether oxygens (including phenoxy) is 1. The van der Waals surface area contributed by atoms with E-state index in [-0.39, 0.29) is 5.82 Å². The maximum Gasteiger partial charge on any atom is 0.150 e. The molecule has 1 saturated carbocycles. The fraction of sp³-hybridized carbons (Fsp3) is 0.294. The highest BCUT2D eigenvalue weighted by molar-refractivity contribution is 6.32. The number of aryl methyl sites for hydroxylation is 1. The quantitative estimate of drug-likeness (QED) is 0.854. The van der Waals surface area contributed by atoms with Gasteiger partial charge in [0.2, 0.25) is 0 Å². The van der Waals surface area contributed by atoms with Crippen LogP contribution in [0.15, 0.2) is 36.4 Å². The Labute approximate surface area is 128 Å². The summed E-state index contributed by atoms with van der Waals surface area (Å²) in [5, 5.41) is 3.97. The molecule has 1 aliphatic carbocycles. The zero-order chi connectivity index (χ0) is 14.8. The Morgan fingerprint density at radius 2 is 2.10 bits per heavy atom.